The molecule has 0 aliphatic rings. The van der Waals surface area contributed by atoms with Crippen molar-refractivity contribution in [2.75, 3.05) is 0 Å². The van der Waals surface area contributed by atoms with E-state index < -0.39 is 59.1 Å². The summed E-state index contributed by atoms with van der Waals surface area (Å²) in [4.78, 5) is 24.1. The van der Waals surface area contributed by atoms with Crippen LogP contribution in [0, 0.1) is 35.0 Å². The van der Waals surface area contributed by atoms with Crippen molar-refractivity contribution in [3.05, 3.63) is 65.0 Å². The lowest BCUT2D eigenvalue weighted by Gasteiger charge is -2.24. The maximum absolute atomic E-state index is 13.7. The van der Waals surface area contributed by atoms with Gasteiger partial charge in [-0.25, -0.2) is 22.8 Å². The number of alkyl carbamates (subject to hydrolysis) is 1. The van der Waals surface area contributed by atoms with Crippen LogP contribution in [-0.2, 0) is 11.3 Å². The molecule has 2 atom stereocenters. The molecule has 0 aromatic heterocycles. The molecule has 168 valence electrons. The Morgan fingerprint density at radius 3 is 1.94 bits per heavy atom. The minimum atomic E-state index is -2.39. The van der Waals surface area contributed by atoms with E-state index in [1.807, 2.05) is 0 Å². The normalized spacial score (nSPS) is 12.6. The van der Waals surface area contributed by atoms with Crippen molar-refractivity contribution in [2.45, 2.75) is 33.0 Å². The fraction of sp³-hybridized carbons (Fsp3) is 0.300. The van der Waals surface area contributed by atoms with E-state index in [0.717, 1.165) is 0 Å². The summed E-state index contributed by atoms with van der Waals surface area (Å²) in [6, 6.07) is 8.71. The SMILES string of the molecule is CCC(C)[C@H](NC(=O)OCc1ccccc1)NC(=O)Oc1c(F)c(F)c(F)c(F)c1F. The molecule has 6 nitrogen and oxygen atoms in total. The van der Waals surface area contributed by atoms with Crippen LogP contribution in [0.3, 0.4) is 0 Å². The lowest BCUT2D eigenvalue weighted by molar-refractivity contribution is 0.127. The van der Waals surface area contributed by atoms with Gasteiger partial charge in [0, 0.05) is 0 Å². The molecule has 11 heteroatoms. The Balaban J connectivity index is 2.05. The van der Waals surface area contributed by atoms with Crippen LogP contribution in [0.25, 0.3) is 0 Å². The molecule has 2 rings (SSSR count). The van der Waals surface area contributed by atoms with Crippen molar-refractivity contribution in [3.8, 4) is 5.75 Å². The van der Waals surface area contributed by atoms with Crippen LogP contribution in [0.4, 0.5) is 31.5 Å². The highest BCUT2D eigenvalue weighted by Gasteiger charge is 2.30. The van der Waals surface area contributed by atoms with E-state index in [0.29, 0.717) is 12.0 Å². The quantitative estimate of drug-likeness (QED) is 0.278. The van der Waals surface area contributed by atoms with Gasteiger partial charge in [-0.1, -0.05) is 44.2 Å². The van der Waals surface area contributed by atoms with Crippen LogP contribution in [0.5, 0.6) is 5.75 Å². The minimum absolute atomic E-state index is 0.0606. The summed E-state index contributed by atoms with van der Waals surface area (Å²) >= 11 is 0. The number of nitrogens with one attached hydrogen (secondary N) is 2. The van der Waals surface area contributed by atoms with E-state index in [4.69, 9.17) is 4.74 Å². The Morgan fingerprint density at radius 1 is 0.871 bits per heavy atom. The Morgan fingerprint density at radius 2 is 1.39 bits per heavy atom. The molecule has 2 aromatic rings. The van der Waals surface area contributed by atoms with E-state index in [2.05, 4.69) is 15.4 Å². The van der Waals surface area contributed by atoms with Crippen LogP contribution in [0.1, 0.15) is 25.8 Å². The average Bonchev–Trinajstić information content (AvgIpc) is 2.77. The number of carbonyl (C=O) groups excluding carboxylic acids is 2. The fourth-order valence-electron chi connectivity index (χ4n) is 2.37. The highest BCUT2D eigenvalue weighted by atomic mass is 19.2. The molecule has 0 saturated heterocycles. The highest BCUT2D eigenvalue weighted by Crippen LogP contribution is 2.29. The maximum atomic E-state index is 13.7. The van der Waals surface area contributed by atoms with Crippen molar-refractivity contribution < 1.29 is 41.0 Å². The van der Waals surface area contributed by atoms with Gasteiger partial charge in [0.25, 0.3) is 0 Å². The van der Waals surface area contributed by atoms with Gasteiger partial charge in [0.2, 0.25) is 34.8 Å². The lowest BCUT2D eigenvalue weighted by Crippen LogP contribution is -2.52. The zero-order valence-corrected chi connectivity index (χ0v) is 16.5. The van der Waals surface area contributed by atoms with Gasteiger partial charge in [-0.3, -0.25) is 0 Å². The third-order valence-corrected chi connectivity index (χ3v) is 4.34. The molecule has 0 bridgehead atoms. The van der Waals surface area contributed by atoms with Gasteiger partial charge in [0.15, 0.2) is 0 Å². The second kappa shape index (κ2) is 10.6. The zero-order valence-electron chi connectivity index (χ0n) is 16.5. The molecule has 2 amide bonds. The van der Waals surface area contributed by atoms with Crippen LogP contribution >= 0.6 is 0 Å². The average molecular weight is 446 g/mol. The van der Waals surface area contributed by atoms with Gasteiger partial charge in [0.1, 0.15) is 12.8 Å². The lowest BCUT2D eigenvalue weighted by atomic mass is 10.1. The van der Waals surface area contributed by atoms with Crippen molar-refractivity contribution in [2.24, 2.45) is 5.92 Å². The molecule has 0 spiro atoms. The van der Waals surface area contributed by atoms with Gasteiger partial charge >= 0.3 is 12.2 Å². The summed E-state index contributed by atoms with van der Waals surface area (Å²) < 4.78 is 76.3. The Hall–Kier alpha value is -3.37. The van der Waals surface area contributed by atoms with Crippen LogP contribution in [0.2, 0.25) is 0 Å². The van der Waals surface area contributed by atoms with Crippen molar-refractivity contribution in [3.63, 3.8) is 0 Å². The number of amides is 2. The van der Waals surface area contributed by atoms with Gasteiger partial charge in [0.05, 0.1) is 0 Å². The molecule has 0 aliphatic heterocycles. The molecule has 2 N–H and O–H groups in total. The molecule has 1 unspecified atom stereocenters. The van der Waals surface area contributed by atoms with E-state index in [1.165, 1.54) is 0 Å². The first-order valence-electron chi connectivity index (χ1n) is 9.12. The highest BCUT2D eigenvalue weighted by molar-refractivity contribution is 5.73. The van der Waals surface area contributed by atoms with Crippen LogP contribution in [-0.4, -0.2) is 18.4 Å². The van der Waals surface area contributed by atoms with Crippen LogP contribution < -0.4 is 15.4 Å². The molecule has 0 aliphatic carbocycles. The standard InChI is InChI=1S/C20H19F5N2O4/c1-3-10(2)18(26-19(28)30-9-11-7-5-4-6-8-11)27-20(29)31-17-15(24)13(22)12(21)14(23)16(17)25/h4-8,10,18H,3,9H2,1-2H3,(H,26,28)(H,27,29)/t10?,18-/m1/s1. The first-order chi connectivity index (χ1) is 14.6. The molecule has 31 heavy (non-hydrogen) atoms. The van der Waals surface area contributed by atoms with E-state index in [-0.39, 0.29) is 6.61 Å². The van der Waals surface area contributed by atoms with Gasteiger partial charge in [-0.2, -0.15) is 8.78 Å². The molecule has 0 saturated carbocycles. The molecule has 0 fully saturated rings. The molecule has 0 heterocycles. The fourth-order valence-corrected chi connectivity index (χ4v) is 2.37. The zero-order chi connectivity index (χ0) is 23.1. The summed E-state index contributed by atoms with van der Waals surface area (Å²) in [7, 11) is 0. The number of hydrogen-bond donors (Lipinski definition) is 2. The Labute approximate surface area is 174 Å². The van der Waals surface area contributed by atoms with Crippen molar-refractivity contribution in [1.29, 1.82) is 0 Å². The van der Waals surface area contributed by atoms with Crippen LogP contribution in [0.15, 0.2) is 30.3 Å². The van der Waals surface area contributed by atoms with Gasteiger partial charge in [-0.15, -0.1) is 0 Å². The third-order valence-electron chi connectivity index (χ3n) is 4.34. The monoisotopic (exact) mass is 446 g/mol. The number of halogens is 5. The van der Waals surface area contributed by atoms with E-state index in [1.54, 1.807) is 44.2 Å². The number of carbonyl (C=O) groups is 2. The number of benzene rings is 2. The van der Waals surface area contributed by atoms with Crippen molar-refractivity contribution >= 4 is 12.2 Å². The van der Waals surface area contributed by atoms with E-state index in [9.17, 15) is 31.5 Å². The molecule has 0 radical (unpaired) electrons. The maximum Gasteiger partial charge on any atom is 0.414 e. The number of ether oxygens (including phenoxy) is 2. The summed E-state index contributed by atoms with van der Waals surface area (Å²) in [5, 5.41) is 4.46. The Kier molecular flexibility index (Phi) is 8.17. The second-order valence-electron chi connectivity index (χ2n) is 6.50. The summed E-state index contributed by atoms with van der Waals surface area (Å²) in [6.45, 7) is 3.29. The number of rotatable bonds is 7. The predicted molar refractivity (Wildman–Crippen MR) is 98.4 cm³/mol. The van der Waals surface area contributed by atoms with Gasteiger partial charge in [-0.05, 0) is 17.9 Å². The molecular formula is C20H19F5N2O4. The van der Waals surface area contributed by atoms with E-state index >= 15 is 0 Å². The minimum Gasteiger partial charge on any atom is -0.445 e. The largest absolute Gasteiger partial charge is 0.445 e. The summed E-state index contributed by atoms with van der Waals surface area (Å²) in [6.07, 6.45) is -3.14. The summed E-state index contributed by atoms with van der Waals surface area (Å²) in [5.74, 6) is -13.7. The predicted octanol–water partition coefficient (Wildman–Crippen LogP) is 4.77. The first-order valence-corrected chi connectivity index (χ1v) is 9.12. The second-order valence-corrected chi connectivity index (χ2v) is 6.50. The smallest absolute Gasteiger partial charge is 0.414 e. The Bertz CT molecular complexity index is 914. The topological polar surface area (TPSA) is 76.7 Å². The summed E-state index contributed by atoms with van der Waals surface area (Å²) in [5.41, 5.74) is 0.705. The van der Waals surface area contributed by atoms with Crippen molar-refractivity contribution in [1.82, 2.24) is 10.6 Å². The molecular weight excluding hydrogens is 427 g/mol. The first kappa shape index (κ1) is 23.9. The molecule has 2 aromatic carbocycles. The number of hydrogen-bond acceptors (Lipinski definition) is 4. The van der Waals surface area contributed by atoms with Gasteiger partial charge < -0.3 is 20.1 Å². The third kappa shape index (κ3) is 6.06.